The Balaban J connectivity index is 2.65. The third-order valence-corrected chi connectivity index (χ3v) is 1.54. The van der Waals surface area contributed by atoms with E-state index in [0.717, 1.165) is 0 Å². The van der Waals surface area contributed by atoms with Crippen molar-refractivity contribution in [2.45, 2.75) is 12.2 Å². The highest BCUT2D eigenvalue weighted by molar-refractivity contribution is 7.81. The molecule has 0 saturated heterocycles. The molecule has 0 radical (unpaired) electrons. The lowest BCUT2D eigenvalue weighted by molar-refractivity contribution is 1.27. The van der Waals surface area contributed by atoms with E-state index in [1.807, 2.05) is 25.1 Å². The summed E-state index contributed by atoms with van der Waals surface area (Å²) < 4.78 is 0. The highest BCUT2D eigenvalue weighted by Crippen LogP contribution is 2.03. The minimum absolute atomic E-state index is 0.329. The Morgan fingerprint density at radius 1 is 1.27 bits per heavy atom. The number of hydrogen-bond donors (Lipinski definition) is 1. The Kier molecular flexibility index (Phi) is 3.24. The Morgan fingerprint density at radius 2 is 1.91 bits per heavy atom. The molecule has 58 valence electrons. The summed E-state index contributed by atoms with van der Waals surface area (Å²) in [5, 5.41) is 0.329. The van der Waals surface area contributed by atoms with E-state index in [-0.39, 0.29) is 0 Å². The van der Waals surface area contributed by atoms with Crippen LogP contribution in [-0.4, -0.2) is 5.25 Å². The monoisotopic (exact) mass is 164 g/mol. The van der Waals surface area contributed by atoms with Crippen LogP contribution in [-0.2, 0) is 0 Å². The second kappa shape index (κ2) is 4.24. The normalized spacial score (nSPS) is 13.6. The molecule has 0 aromatic heterocycles. The van der Waals surface area contributed by atoms with Gasteiger partial charge in [0.2, 0.25) is 0 Å². The van der Waals surface area contributed by atoms with Crippen LogP contribution in [0.15, 0.2) is 36.4 Å². The first-order valence-corrected chi connectivity index (χ1v) is 4.22. The summed E-state index contributed by atoms with van der Waals surface area (Å²) in [6.45, 7) is 2.04. The van der Waals surface area contributed by atoms with Crippen LogP contribution < -0.4 is 0 Å². The van der Waals surface area contributed by atoms with Crippen molar-refractivity contribution in [1.29, 1.82) is 0 Å². The lowest BCUT2D eigenvalue weighted by Crippen LogP contribution is -1.80. The third-order valence-electron chi connectivity index (χ3n) is 1.37. The van der Waals surface area contributed by atoms with Crippen molar-refractivity contribution in [3.05, 3.63) is 42.0 Å². The lowest BCUT2D eigenvalue weighted by atomic mass is 10.2. The maximum atomic E-state index is 4.24. The van der Waals surface area contributed by atoms with E-state index in [1.165, 1.54) is 5.56 Å². The van der Waals surface area contributed by atoms with Gasteiger partial charge in [-0.05, 0) is 12.5 Å². The Bertz CT molecular complexity index is 224. The van der Waals surface area contributed by atoms with E-state index in [4.69, 9.17) is 0 Å². The molecule has 1 heteroatoms. The van der Waals surface area contributed by atoms with Gasteiger partial charge < -0.3 is 0 Å². The molecule has 0 spiro atoms. The summed E-state index contributed by atoms with van der Waals surface area (Å²) in [4.78, 5) is 0. The summed E-state index contributed by atoms with van der Waals surface area (Å²) in [5.41, 5.74) is 1.23. The van der Waals surface area contributed by atoms with E-state index in [9.17, 15) is 0 Å². The Labute approximate surface area is 73.4 Å². The fourth-order valence-electron chi connectivity index (χ4n) is 0.815. The summed E-state index contributed by atoms with van der Waals surface area (Å²) >= 11 is 4.24. The van der Waals surface area contributed by atoms with Gasteiger partial charge >= 0.3 is 0 Å². The molecule has 1 rings (SSSR count). The maximum Gasteiger partial charge on any atom is 0.0171 e. The first-order valence-electron chi connectivity index (χ1n) is 3.70. The van der Waals surface area contributed by atoms with Crippen LogP contribution in [0, 0.1) is 0 Å². The highest BCUT2D eigenvalue weighted by Gasteiger charge is 1.85. The standard InChI is InChI=1S/C10H12S/c1-9(11)7-8-10-5-3-2-4-6-10/h2-9,11H,1H3/b8-7+/t9-/m0/s1. The topological polar surface area (TPSA) is 0 Å². The van der Waals surface area contributed by atoms with Crippen LogP contribution in [0.5, 0.6) is 0 Å². The molecule has 0 aliphatic heterocycles. The predicted molar refractivity (Wildman–Crippen MR) is 53.9 cm³/mol. The molecular formula is C10H12S. The molecule has 0 unspecified atom stereocenters. The van der Waals surface area contributed by atoms with Crippen molar-refractivity contribution in [2.75, 3.05) is 0 Å². The first kappa shape index (κ1) is 8.41. The Morgan fingerprint density at radius 3 is 2.45 bits per heavy atom. The van der Waals surface area contributed by atoms with Crippen LogP contribution in [0.2, 0.25) is 0 Å². The minimum Gasteiger partial charge on any atom is -0.172 e. The van der Waals surface area contributed by atoms with Gasteiger partial charge in [0, 0.05) is 5.25 Å². The molecule has 1 aromatic carbocycles. The molecule has 0 heterocycles. The van der Waals surface area contributed by atoms with Crippen LogP contribution >= 0.6 is 12.6 Å². The summed E-state index contributed by atoms with van der Waals surface area (Å²) in [6.07, 6.45) is 4.15. The van der Waals surface area contributed by atoms with E-state index in [2.05, 4.69) is 36.9 Å². The molecule has 0 aliphatic rings. The van der Waals surface area contributed by atoms with Gasteiger partial charge in [0.25, 0.3) is 0 Å². The molecule has 0 bridgehead atoms. The van der Waals surface area contributed by atoms with E-state index >= 15 is 0 Å². The van der Waals surface area contributed by atoms with Crippen molar-refractivity contribution in [1.82, 2.24) is 0 Å². The molecule has 11 heavy (non-hydrogen) atoms. The van der Waals surface area contributed by atoms with E-state index in [1.54, 1.807) is 0 Å². The van der Waals surface area contributed by atoms with Gasteiger partial charge in [0.05, 0.1) is 0 Å². The molecule has 1 aromatic rings. The van der Waals surface area contributed by atoms with Gasteiger partial charge in [-0.3, -0.25) is 0 Å². The summed E-state index contributed by atoms with van der Waals surface area (Å²) in [6, 6.07) is 10.2. The zero-order chi connectivity index (χ0) is 8.10. The molecule has 1 atom stereocenters. The molecule has 0 saturated carbocycles. The van der Waals surface area contributed by atoms with Gasteiger partial charge in [0.1, 0.15) is 0 Å². The van der Waals surface area contributed by atoms with Crippen molar-refractivity contribution in [3.63, 3.8) is 0 Å². The molecule has 0 amide bonds. The second-order valence-corrected chi connectivity index (χ2v) is 3.32. The molecule has 0 aliphatic carbocycles. The number of thiol groups is 1. The average molecular weight is 164 g/mol. The first-order chi connectivity index (χ1) is 5.29. The predicted octanol–water partition coefficient (Wildman–Crippen LogP) is 3.02. The lowest BCUT2D eigenvalue weighted by Gasteiger charge is -1.93. The number of benzene rings is 1. The van der Waals surface area contributed by atoms with Crippen molar-refractivity contribution in [3.8, 4) is 0 Å². The van der Waals surface area contributed by atoms with Crippen molar-refractivity contribution >= 4 is 18.7 Å². The molecule has 0 nitrogen and oxygen atoms in total. The van der Waals surface area contributed by atoms with Crippen molar-refractivity contribution < 1.29 is 0 Å². The van der Waals surface area contributed by atoms with Gasteiger partial charge in [-0.2, -0.15) is 12.6 Å². The SMILES string of the molecule is C[C@H](S)/C=C/c1ccccc1. The fourth-order valence-corrected chi connectivity index (χ4v) is 0.901. The van der Waals surface area contributed by atoms with E-state index < -0.39 is 0 Å². The third kappa shape index (κ3) is 3.28. The molecular weight excluding hydrogens is 152 g/mol. The maximum absolute atomic E-state index is 4.24. The Hall–Kier alpha value is -0.690. The zero-order valence-electron chi connectivity index (χ0n) is 6.57. The van der Waals surface area contributed by atoms with Gasteiger partial charge in [-0.15, -0.1) is 0 Å². The van der Waals surface area contributed by atoms with Crippen LogP contribution in [0.25, 0.3) is 6.08 Å². The summed E-state index contributed by atoms with van der Waals surface area (Å²) in [5.74, 6) is 0. The van der Waals surface area contributed by atoms with Gasteiger partial charge in [-0.1, -0.05) is 42.5 Å². The van der Waals surface area contributed by atoms with Crippen LogP contribution in [0.3, 0.4) is 0 Å². The fraction of sp³-hybridized carbons (Fsp3) is 0.200. The highest BCUT2D eigenvalue weighted by atomic mass is 32.1. The van der Waals surface area contributed by atoms with E-state index in [0.29, 0.717) is 5.25 Å². The number of rotatable bonds is 2. The van der Waals surface area contributed by atoms with Crippen molar-refractivity contribution in [2.24, 2.45) is 0 Å². The van der Waals surface area contributed by atoms with Crippen LogP contribution in [0.1, 0.15) is 12.5 Å². The average Bonchev–Trinajstić information content (AvgIpc) is 2.03. The second-order valence-electron chi connectivity index (χ2n) is 2.51. The molecule has 0 N–H and O–H groups in total. The van der Waals surface area contributed by atoms with Crippen LogP contribution in [0.4, 0.5) is 0 Å². The van der Waals surface area contributed by atoms with Gasteiger partial charge in [0.15, 0.2) is 0 Å². The zero-order valence-corrected chi connectivity index (χ0v) is 7.46. The quantitative estimate of drug-likeness (QED) is 0.638. The largest absolute Gasteiger partial charge is 0.172 e. The summed E-state index contributed by atoms with van der Waals surface area (Å²) in [7, 11) is 0. The van der Waals surface area contributed by atoms with Gasteiger partial charge in [-0.25, -0.2) is 0 Å². The smallest absolute Gasteiger partial charge is 0.0171 e. The molecule has 0 fully saturated rings. The number of hydrogen-bond acceptors (Lipinski definition) is 1. The minimum atomic E-state index is 0.329.